The Morgan fingerprint density at radius 1 is 1.17 bits per heavy atom. The number of anilines is 1. The summed E-state index contributed by atoms with van der Waals surface area (Å²) >= 11 is 5.76. The number of benzene rings is 1. The lowest BCUT2D eigenvalue weighted by Crippen LogP contribution is -3.16. The minimum absolute atomic E-state index is 0.421. The molecule has 0 bridgehead atoms. The van der Waals surface area contributed by atoms with Gasteiger partial charge in [-0.05, 0) is 58.5 Å². The van der Waals surface area contributed by atoms with Gasteiger partial charge in [-0.15, -0.1) is 0 Å². The molecule has 0 aliphatic carbocycles. The molecule has 1 aromatic rings. The van der Waals surface area contributed by atoms with Gasteiger partial charge < -0.3 is 15.1 Å². The molecular weight excluding hydrogens is 302 g/mol. The zero-order chi connectivity index (χ0) is 17.0. The van der Waals surface area contributed by atoms with Crippen molar-refractivity contribution in [1.82, 2.24) is 4.90 Å². The van der Waals surface area contributed by atoms with Crippen LogP contribution in [-0.2, 0) is 0 Å². The van der Waals surface area contributed by atoms with Crippen LogP contribution in [0.4, 0.5) is 5.69 Å². The van der Waals surface area contributed by atoms with Crippen LogP contribution in [-0.4, -0.2) is 41.2 Å². The number of quaternary nitrogens is 1. The number of likely N-dealkylation sites (tertiary alicyclic amines) is 1. The lowest BCUT2D eigenvalue weighted by atomic mass is 10.0. The summed E-state index contributed by atoms with van der Waals surface area (Å²) in [7, 11) is 0. The third-order valence-electron chi connectivity index (χ3n) is 4.98. The van der Waals surface area contributed by atoms with E-state index in [1.165, 1.54) is 31.5 Å². The number of nitrogens with one attached hydrogen (secondary N) is 2. The van der Waals surface area contributed by atoms with Crippen LogP contribution in [0.25, 0.3) is 0 Å². The van der Waals surface area contributed by atoms with Crippen LogP contribution in [0.3, 0.4) is 0 Å². The molecule has 0 amide bonds. The molecule has 2 rings (SSSR count). The van der Waals surface area contributed by atoms with Gasteiger partial charge in [-0.2, -0.15) is 0 Å². The van der Waals surface area contributed by atoms with E-state index in [1.54, 1.807) is 4.90 Å². The smallest absolute Gasteiger partial charge is 0.173 e. The summed E-state index contributed by atoms with van der Waals surface area (Å²) in [5, 5.41) is 4.34. The van der Waals surface area contributed by atoms with E-state index in [1.807, 2.05) is 0 Å². The molecule has 23 heavy (non-hydrogen) atoms. The fraction of sp³-hybridized carbons (Fsp3) is 0.632. The van der Waals surface area contributed by atoms with Crippen LogP contribution >= 0.6 is 12.2 Å². The normalized spacial score (nSPS) is 21.5. The Morgan fingerprint density at radius 3 is 2.30 bits per heavy atom. The van der Waals surface area contributed by atoms with Gasteiger partial charge >= 0.3 is 0 Å². The molecule has 0 spiro atoms. The van der Waals surface area contributed by atoms with Gasteiger partial charge in [0.15, 0.2) is 5.11 Å². The third kappa shape index (κ3) is 4.67. The molecule has 1 aliphatic rings. The number of hydrogen-bond acceptors (Lipinski definition) is 1. The second kappa shape index (κ2) is 8.11. The number of aryl methyl sites for hydroxylation is 1. The first kappa shape index (κ1) is 18.2. The van der Waals surface area contributed by atoms with Crippen LogP contribution < -0.4 is 10.2 Å². The van der Waals surface area contributed by atoms with E-state index >= 15 is 0 Å². The molecule has 0 atom stereocenters. The van der Waals surface area contributed by atoms with Gasteiger partial charge in [-0.1, -0.05) is 18.2 Å². The Labute approximate surface area is 147 Å². The van der Waals surface area contributed by atoms with Crippen molar-refractivity contribution < 1.29 is 4.90 Å². The number of piperidine rings is 1. The monoisotopic (exact) mass is 334 g/mol. The zero-order valence-electron chi connectivity index (χ0n) is 15.2. The first-order valence-corrected chi connectivity index (χ1v) is 9.30. The number of nitrogens with zero attached hydrogens (tertiary/aromatic N) is 1. The molecule has 4 heteroatoms. The van der Waals surface area contributed by atoms with E-state index in [2.05, 4.69) is 69.1 Å². The SMILES string of the molecule is Cc1ccccc1NC(=S)N(C(C)C)C1CC[NH+](C(C)C)CC1. The first-order chi connectivity index (χ1) is 10.9. The average molecular weight is 335 g/mol. The predicted molar refractivity (Wildman–Crippen MR) is 103 cm³/mol. The van der Waals surface area contributed by atoms with Crippen molar-refractivity contribution in [1.29, 1.82) is 0 Å². The van der Waals surface area contributed by atoms with Crippen LogP contribution in [0.2, 0.25) is 0 Å². The van der Waals surface area contributed by atoms with E-state index < -0.39 is 0 Å². The number of hydrogen-bond donors (Lipinski definition) is 2. The molecule has 128 valence electrons. The van der Waals surface area contributed by atoms with Crippen molar-refractivity contribution >= 4 is 23.0 Å². The minimum atomic E-state index is 0.421. The van der Waals surface area contributed by atoms with E-state index in [4.69, 9.17) is 12.2 Å². The van der Waals surface area contributed by atoms with Gasteiger partial charge in [-0.3, -0.25) is 0 Å². The number of para-hydroxylation sites is 1. The maximum atomic E-state index is 5.76. The summed E-state index contributed by atoms with van der Waals surface area (Å²) < 4.78 is 0. The maximum absolute atomic E-state index is 5.76. The van der Waals surface area contributed by atoms with Gasteiger partial charge in [0.25, 0.3) is 0 Å². The second-order valence-corrected chi connectivity index (χ2v) is 7.68. The number of rotatable bonds is 4. The third-order valence-corrected chi connectivity index (χ3v) is 5.30. The Kier molecular flexibility index (Phi) is 6.42. The van der Waals surface area contributed by atoms with Crippen LogP contribution in [0, 0.1) is 6.92 Å². The van der Waals surface area contributed by atoms with E-state index in [-0.39, 0.29) is 0 Å². The summed E-state index contributed by atoms with van der Waals surface area (Å²) in [5.74, 6) is 0. The zero-order valence-corrected chi connectivity index (χ0v) is 16.0. The van der Waals surface area contributed by atoms with Gasteiger partial charge in [-0.25, -0.2) is 0 Å². The summed E-state index contributed by atoms with van der Waals surface area (Å²) in [6, 6.07) is 10.0. The largest absolute Gasteiger partial charge is 0.343 e. The topological polar surface area (TPSA) is 19.7 Å². The van der Waals surface area contributed by atoms with Crippen LogP contribution in [0.1, 0.15) is 46.1 Å². The van der Waals surface area contributed by atoms with Crippen molar-refractivity contribution in [2.75, 3.05) is 18.4 Å². The Morgan fingerprint density at radius 2 is 1.78 bits per heavy atom. The maximum Gasteiger partial charge on any atom is 0.173 e. The lowest BCUT2D eigenvalue weighted by Gasteiger charge is -2.41. The highest BCUT2D eigenvalue weighted by Crippen LogP contribution is 2.19. The number of thiocarbonyl (C=S) groups is 1. The molecule has 1 saturated heterocycles. The van der Waals surface area contributed by atoms with Crippen LogP contribution in [0.5, 0.6) is 0 Å². The summed E-state index contributed by atoms with van der Waals surface area (Å²) in [6.45, 7) is 13.7. The molecule has 1 fully saturated rings. The van der Waals surface area contributed by atoms with Crippen molar-refractivity contribution in [3.63, 3.8) is 0 Å². The van der Waals surface area contributed by atoms with E-state index in [0.717, 1.165) is 16.8 Å². The summed E-state index contributed by atoms with van der Waals surface area (Å²) in [5.41, 5.74) is 2.35. The molecule has 0 unspecified atom stereocenters. The van der Waals surface area contributed by atoms with Crippen LogP contribution in [0.15, 0.2) is 24.3 Å². The molecule has 1 aromatic carbocycles. The molecule has 2 N–H and O–H groups in total. The Hall–Kier alpha value is -1.13. The fourth-order valence-electron chi connectivity index (χ4n) is 3.54. The minimum Gasteiger partial charge on any atom is -0.343 e. The Balaban J connectivity index is 2.04. The molecular formula is C19H32N3S+. The van der Waals surface area contributed by atoms with E-state index in [0.29, 0.717) is 12.1 Å². The highest BCUT2D eigenvalue weighted by Gasteiger charge is 2.30. The van der Waals surface area contributed by atoms with Crippen molar-refractivity contribution in [3.8, 4) is 0 Å². The average Bonchev–Trinajstić information content (AvgIpc) is 2.50. The van der Waals surface area contributed by atoms with Gasteiger partial charge in [0.1, 0.15) is 0 Å². The van der Waals surface area contributed by atoms with Gasteiger partial charge in [0.2, 0.25) is 0 Å². The second-order valence-electron chi connectivity index (χ2n) is 7.29. The van der Waals surface area contributed by atoms with Crippen molar-refractivity contribution in [2.24, 2.45) is 0 Å². The highest BCUT2D eigenvalue weighted by molar-refractivity contribution is 7.80. The fourth-order valence-corrected chi connectivity index (χ4v) is 4.01. The molecule has 1 aliphatic heterocycles. The van der Waals surface area contributed by atoms with Crippen molar-refractivity contribution in [3.05, 3.63) is 29.8 Å². The summed E-state index contributed by atoms with van der Waals surface area (Å²) in [4.78, 5) is 4.14. The molecule has 3 nitrogen and oxygen atoms in total. The molecule has 1 heterocycles. The predicted octanol–water partition coefficient (Wildman–Crippen LogP) is 2.86. The van der Waals surface area contributed by atoms with E-state index in [9.17, 15) is 0 Å². The quantitative estimate of drug-likeness (QED) is 0.826. The summed E-state index contributed by atoms with van der Waals surface area (Å²) in [6.07, 6.45) is 2.45. The molecule has 0 aromatic heterocycles. The molecule has 0 radical (unpaired) electrons. The highest BCUT2D eigenvalue weighted by atomic mass is 32.1. The lowest BCUT2D eigenvalue weighted by molar-refractivity contribution is -0.926. The Bertz CT molecular complexity index is 519. The standard InChI is InChI=1S/C19H31N3S/c1-14(2)21-12-10-17(11-13-21)22(15(3)4)19(23)20-18-9-7-6-8-16(18)5/h6-9,14-15,17H,10-13H2,1-5H3,(H,20,23)/p+1. The van der Waals surface area contributed by atoms with Gasteiger partial charge in [0.05, 0.1) is 19.1 Å². The van der Waals surface area contributed by atoms with Gasteiger partial charge in [0, 0.05) is 30.6 Å². The van der Waals surface area contributed by atoms with Crippen molar-refractivity contribution in [2.45, 2.75) is 65.6 Å². The molecule has 0 saturated carbocycles. The first-order valence-electron chi connectivity index (χ1n) is 8.89.